The fourth-order valence-corrected chi connectivity index (χ4v) is 8.95. The molecule has 0 spiro atoms. The van der Waals surface area contributed by atoms with Crippen LogP contribution < -0.4 is 4.90 Å². The standard InChI is InChI=1S/C48H29N7/c1-48(2)39-21-28-13-7-8-14-29(28)22-43(39)55(47-52-45(27-49)51-46(50-3)53-47)44-26-42-38(24-40(44)48)37-23-35-33-19-11-9-17-31(33)32-18-10-12-20-34(32)36(35)25-41(37)54(42)30-15-5-4-6-16-30/h4-26H,1-2H3. The molecule has 0 unspecified atom stereocenters. The third-order valence-electron chi connectivity index (χ3n) is 11.5. The molecule has 10 aromatic rings. The maximum absolute atomic E-state index is 9.96. The Labute approximate surface area is 315 Å². The molecule has 1 aliphatic heterocycles. The van der Waals surface area contributed by atoms with Gasteiger partial charge in [-0.2, -0.15) is 10.2 Å². The molecule has 0 bridgehead atoms. The van der Waals surface area contributed by atoms with Gasteiger partial charge < -0.3 is 9.41 Å². The van der Waals surface area contributed by atoms with Crippen LogP contribution in [0.15, 0.2) is 140 Å². The van der Waals surface area contributed by atoms with E-state index >= 15 is 0 Å². The molecule has 8 aromatic carbocycles. The Balaban J connectivity index is 1.32. The van der Waals surface area contributed by atoms with Gasteiger partial charge >= 0.3 is 5.95 Å². The van der Waals surface area contributed by atoms with Gasteiger partial charge in [-0.05, 0) is 103 Å². The highest BCUT2D eigenvalue weighted by atomic mass is 15.3. The second kappa shape index (κ2) is 11.2. The molecule has 0 N–H and O–H groups in total. The van der Waals surface area contributed by atoms with Crippen molar-refractivity contribution in [2.45, 2.75) is 19.3 Å². The quantitative estimate of drug-likeness (QED) is 0.132. The first kappa shape index (κ1) is 31.0. The summed E-state index contributed by atoms with van der Waals surface area (Å²) in [6.07, 6.45) is 0. The third kappa shape index (κ3) is 4.32. The summed E-state index contributed by atoms with van der Waals surface area (Å²) in [5, 5.41) is 21.8. The van der Waals surface area contributed by atoms with Gasteiger partial charge in [-0.3, -0.25) is 4.90 Å². The molecule has 0 amide bonds. The van der Waals surface area contributed by atoms with Gasteiger partial charge in [-0.15, -0.1) is 16.5 Å². The molecular formula is C48H29N7. The summed E-state index contributed by atoms with van der Waals surface area (Å²) < 4.78 is 2.36. The van der Waals surface area contributed by atoms with Crippen molar-refractivity contribution in [1.29, 1.82) is 5.26 Å². The van der Waals surface area contributed by atoms with E-state index in [1.165, 1.54) is 32.3 Å². The average molecular weight is 704 g/mol. The van der Waals surface area contributed by atoms with E-state index < -0.39 is 5.41 Å². The lowest BCUT2D eigenvalue weighted by Crippen LogP contribution is -2.31. The summed E-state index contributed by atoms with van der Waals surface area (Å²) in [5.74, 6) is 0.00691. The van der Waals surface area contributed by atoms with Crippen LogP contribution >= 0.6 is 0 Å². The Morgan fingerprint density at radius 3 is 1.78 bits per heavy atom. The molecule has 0 aliphatic carbocycles. The first-order chi connectivity index (χ1) is 26.9. The topological polar surface area (TPSA) is 75.0 Å². The summed E-state index contributed by atoms with van der Waals surface area (Å²) in [6.45, 7) is 12.3. The molecule has 256 valence electrons. The van der Waals surface area contributed by atoms with E-state index in [4.69, 9.17) is 6.57 Å². The number of benzene rings is 8. The minimum absolute atomic E-state index is 0.102. The van der Waals surface area contributed by atoms with Crippen molar-refractivity contribution in [3.05, 3.63) is 168 Å². The number of fused-ring (bicyclic) bond motifs is 12. The Morgan fingerprint density at radius 1 is 0.564 bits per heavy atom. The molecule has 55 heavy (non-hydrogen) atoms. The molecule has 2 aromatic heterocycles. The van der Waals surface area contributed by atoms with Gasteiger partial charge in [0.25, 0.3) is 11.8 Å². The van der Waals surface area contributed by atoms with Crippen molar-refractivity contribution in [2.75, 3.05) is 4.90 Å². The lowest BCUT2D eigenvalue weighted by atomic mass is 9.72. The Kier molecular flexibility index (Phi) is 6.30. The maximum Gasteiger partial charge on any atom is 0.377 e. The molecule has 7 heteroatoms. The van der Waals surface area contributed by atoms with Crippen molar-refractivity contribution in [1.82, 2.24) is 19.5 Å². The van der Waals surface area contributed by atoms with E-state index in [0.29, 0.717) is 0 Å². The maximum atomic E-state index is 9.96. The van der Waals surface area contributed by atoms with Gasteiger partial charge in [-0.25, -0.2) is 0 Å². The van der Waals surface area contributed by atoms with Gasteiger partial charge in [0.2, 0.25) is 0 Å². The molecule has 0 atom stereocenters. The number of hydrogen-bond acceptors (Lipinski definition) is 5. The lowest BCUT2D eigenvalue weighted by Gasteiger charge is -2.40. The number of para-hydroxylation sites is 1. The van der Waals surface area contributed by atoms with Crippen molar-refractivity contribution in [2.24, 2.45) is 0 Å². The van der Waals surface area contributed by atoms with Crippen molar-refractivity contribution >= 4 is 88.2 Å². The SMILES string of the molecule is [C-]#[N+]c1nc(C#N)nc(N2c3cc4ccccc4cc3C(C)(C)c3cc4c5cc6c7ccccc7c7ccccc7c6cc5n(-c5ccccc5)c4cc32)n1. The Morgan fingerprint density at radius 2 is 1.11 bits per heavy atom. The second-order valence-corrected chi connectivity index (χ2v) is 14.7. The predicted octanol–water partition coefficient (Wildman–Crippen LogP) is 12.1. The Bertz CT molecular complexity index is 3350. The van der Waals surface area contributed by atoms with Crippen molar-refractivity contribution in [3.8, 4) is 11.8 Å². The first-order valence-corrected chi connectivity index (χ1v) is 18.2. The van der Waals surface area contributed by atoms with Gasteiger partial charge in [0.15, 0.2) is 6.07 Å². The second-order valence-electron chi connectivity index (χ2n) is 14.7. The molecule has 7 nitrogen and oxygen atoms in total. The summed E-state index contributed by atoms with van der Waals surface area (Å²) in [5.41, 5.74) is 6.67. The molecule has 11 rings (SSSR count). The number of nitriles is 1. The highest BCUT2D eigenvalue weighted by Crippen LogP contribution is 2.54. The van der Waals surface area contributed by atoms with Crippen LogP contribution in [0.1, 0.15) is 30.8 Å². The zero-order valence-corrected chi connectivity index (χ0v) is 29.9. The smallest absolute Gasteiger partial charge is 0.377 e. The minimum atomic E-state index is -0.450. The predicted molar refractivity (Wildman–Crippen MR) is 222 cm³/mol. The number of nitrogens with zero attached hydrogens (tertiary/aromatic N) is 7. The number of rotatable bonds is 2. The van der Waals surface area contributed by atoms with Gasteiger partial charge in [-0.1, -0.05) is 105 Å². The van der Waals surface area contributed by atoms with E-state index in [-0.39, 0.29) is 17.7 Å². The molecule has 0 radical (unpaired) electrons. The minimum Gasteiger partial charge on any atom is -0.394 e. The Hall–Kier alpha value is -7.61. The van der Waals surface area contributed by atoms with Crippen LogP contribution in [0.25, 0.3) is 75.4 Å². The van der Waals surface area contributed by atoms with Crippen LogP contribution in [0.3, 0.4) is 0 Å². The van der Waals surface area contributed by atoms with E-state index in [1.54, 1.807) is 0 Å². The molecule has 1 aliphatic rings. The molecule has 3 heterocycles. The summed E-state index contributed by atoms with van der Waals surface area (Å²) >= 11 is 0. The first-order valence-electron chi connectivity index (χ1n) is 18.2. The average Bonchev–Trinajstić information content (AvgIpc) is 3.54. The summed E-state index contributed by atoms with van der Waals surface area (Å²) in [6, 6.07) is 52.0. The van der Waals surface area contributed by atoms with Crippen LogP contribution in [-0.2, 0) is 5.41 Å². The van der Waals surface area contributed by atoms with Gasteiger partial charge in [0.1, 0.15) is 0 Å². The van der Waals surface area contributed by atoms with E-state index in [1.807, 2.05) is 17.0 Å². The molecule has 0 saturated carbocycles. The number of hydrogen-bond donors (Lipinski definition) is 0. The van der Waals surface area contributed by atoms with Crippen molar-refractivity contribution < 1.29 is 0 Å². The highest BCUT2D eigenvalue weighted by molar-refractivity contribution is 6.29. The number of aromatic nitrogens is 4. The van der Waals surface area contributed by atoms with E-state index in [9.17, 15) is 5.26 Å². The lowest BCUT2D eigenvalue weighted by molar-refractivity contribution is 0.632. The molecule has 0 saturated heterocycles. The third-order valence-corrected chi connectivity index (χ3v) is 11.5. The largest absolute Gasteiger partial charge is 0.394 e. The van der Waals surface area contributed by atoms with E-state index in [2.05, 4.69) is 172 Å². The van der Waals surface area contributed by atoms with Crippen LogP contribution in [0.2, 0.25) is 0 Å². The fourth-order valence-electron chi connectivity index (χ4n) is 8.95. The normalized spacial score (nSPS) is 13.3. The van der Waals surface area contributed by atoms with Gasteiger partial charge in [0, 0.05) is 21.9 Å². The van der Waals surface area contributed by atoms with E-state index in [0.717, 1.165) is 60.8 Å². The zero-order valence-electron chi connectivity index (χ0n) is 29.9. The fraction of sp³-hybridized carbons (Fsp3) is 0.0625. The summed E-state index contributed by atoms with van der Waals surface area (Å²) in [4.78, 5) is 18.9. The highest BCUT2D eigenvalue weighted by Gasteiger charge is 2.40. The monoisotopic (exact) mass is 703 g/mol. The van der Waals surface area contributed by atoms with Crippen LogP contribution in [-0.4, -0.2) is 19.5 Å². The van der Waals surface area contributed by atoms with Gasteiger partial charge in [0.05, 0.1) is 22.4 Å². The zero-order chi connectivity index (χ0) is 37.0. The molecular weight excluding hydrogens is 675 g/mol. The van der Waals surface area contributed by atoms with Crippen LogP contribution in [0.5, 0.6) is 0 Å². The molecule has 0 fully saturated rings. The summed E-state index contributed by atoms with van der Waals surface area (Å²) in [7, 11) is 0. The van der Waals surface area contributed by atoms with Crippen LogP contribution in [0, 0.1) is 17.9 Å². The van der Waals surface area contributed by atoms with Crippen LogP contribution in [0.4, 0.5) is 23.3 Å². The number of anilines is 3. The van der Waals surface area contributed by atoms with Crippen molar-refractivity contribution in [3.63, 3.8) is 0 Å².